The molecule has 0 fully saturated rings. The van der Waals surface area contributed by atoms with Crippen molar-refractivity contribution < 1.29 is 8.78 Å². The Bertz CT molecular complexity index is 1150. The Morgan fingerprint density at radius 2 is 1.83 bits per heavy atom. The number of hydrogen-bond acceptors (Lipinski definition) is 5. The van der Waals surface area contributed by atoms with Crippen LogP contribution in [0.5, 0.6) is 0 Å². The molecule has 0 saturated carbocycles. The van der Waals surface area contributed by atoms with E-state index in [4.69, 9.17) is 10.3 Å². The number of H-pyrrole nitrogens is 1. The number of aromatic amines is 1. The second kappa shape index (κ2) is 6.95. The van der Waals surface area contributed by atoms with E-state index in [2.05, 4.69) is 15.3 Å². The number of nitrogens with one attached hydrogen (secondary N) is 2. The molecule has 2 aromatic heterocycles. The van der Waals surface area contributed by atoms with Gasteiger partial charge in [-0.05, 0) is 36.8 Å². The highest BCUT2D eigenvalue weighted by Crippen LogP contribution is 2.40. The molecule has 2 atom stereocenters. The summed E-state index contributed by atoms with van der Waals surface area (Å²) in [6, 6.07) is 13.0. The van der Waals surface area contributed by atoms with Crippen molar-refractivity contribution in [1.82, 2.24) is 15.3 Å². The molecule has 1 aromatic carbocycles. The molecule has 0 unspecified atom stereocenters. The molecule has 144 valence electrons. The summed E-state index contributed by atoms with van der Waals surface area (Å²) in [7, 11) is 0. The molecule has 29 heavy (non-hydrogen) atoms. The Balaban J connectivity index is 1.94. The van der Waals surface area contributed by atoms with Crippen LogP contribution in [-0.4, -0.2) is 21.8 Å². The summed E-state index contributed by atoms with van der Waals surface area (Å²) in [6.07, 6.45) is 1.39. The fraction of sp³-hybridized carbons (Fsp3) is 0.143. The van der Waals surface area contributed by atoms with Gasteiger partial charge in [0.15, 0.2) is 0 Å². The van der Waals surface area contributed by atoms with Crippen LogP contribution in [0.3, 0.4) is 0 Å². The van der Waals surface area contributed by atoms with Crippen LogP contribution >= 0.6 is 0 Å². The molecule has 0 amide bonds. The van der Waals surface area contributed by atoms with E-state index in [0.29, 0.717) is 22.7 Å². The molecule has 6 nitrogen and oxygen atoms in total. The molecule has 1 aliphatic rings. The Morgan fingerprint density at radius 3 is 2.48 bits per heavy atom. The van der Waals surface area contributed by atoms with Crippen molar-refractivity contribution in [1.29, 1.82) is 5.26 Å². The summed E-state index contributed by atoms with van der Waals surface area (Å²) in [5, 5.41) is 12.4. The first-order valence-electron chi connectivity index (χ1n) is 8.81. The highest BCUT2D eigenvalue weighted by atomic mass is 19.1. The summed E-state index contributed by atoms with van der Waals surface area (Å²) in [6.45, 7) is 1.87. The second-order valence-electron chi connectivity index (χ2n) is 6.73. The van der Waals surface area contributed by atoms with Gasteiger partial charge in [-0.3, -0.25) is 4.79 Å². The Morgan fingerprint density at radius 1 is 1.10 bits per heavy atom. The van der Waals surface area contributed by atoms with E-state index in [-0.39, 0.29) is 11.6 Å². The van der Waals surface area contributed by atoms with Gasteiger partial charge in [0, 0.05) is 17.8 Å². The van der Waals surface area contributed by atoms with Gasteiger partial charge in [0.05, 0.1) is 23.4 Å². The number of halogens is 2. The lowest BCUT2D eigenvalue weighted by molar-refractivity contribution is 0.449. The predicted octanol–water partition coefficient (Wildman–Crippen LogP) is 2.60. The van der Waals surface area contributed by atoms with Gasteiger partial charge in [0.25, 0.3) is 0 Å². The van der Waals surface area contributed by atoms with Crippen LogP contribution in [0.2, 0.25) is 0 Å². The summed E-state index contributed by atoms with van der Waals surface area (Å²) in [4.78, 5) is 23.1. The minimum absolute atomic E-state index is 0.198. The number of benzene rings is 1. The average Bonchev–Trinajstić information content (AvgIpc) is 3.07. The van der Waals surface area contributed by atoms with Gasteiger partial charge in [0.2, 0.25) is 11.5 Å². The van der Waals surface area contributed by atoms with Crippen molar-refractivity contribution >= 4 is 5.84 Å². The third kappa shape index (κ3) is 3.17. The van der Waals surface area contributed by atoms with E-state index in [1.807, 2.05) is 13.0 Å². The van der Waals surface area contributed by atoms with Gasteiger partial charge in [-0.25, -0.2) is 14.4 Å². The zero-order valence-electron chi connectivity index (χ0n) is 15.3. The number of rotatable bonds is 3. The lowest BCUT2D eigenvalue weighted by atomic mass is 9.79. The second-order valence-corrected chi connectivity index (χ2v) is 6.73. The largest absolute Gasteiger partial charge is 0.363 e. The molecule has 0 saturated heterocycles. The highest BCUT2D eigenvalue weighted by molar-refractivity contribution is 5.99. The van der Waals surface area contributed by atoms with Crippen molar-refractivity contribution in [2.24, 2.45) is 4.99 Å². The monoisotopic (exact) mass is 391 g/mol. The zero-order chi connectivity index (χ0) is 20.6. The highest BCUT2D eigenvalue weighted by Gasteiger charge is 2.45. The van der Waals surface area contributed by atoms with Crippen LogP contribution in [0.15, 0.2) is 64.5 Å². The number of amidine groups is 1. The minimum Gasteiger partial charge on any atom is -0.363 e. The van der Waals surface area contributed by atoms with E-state index in [1.165, 1.54) is 36.5 Å². The van der Waals surface area contributed by atoms with E-state index < -0.39 is 22.9 Å². The lowest BCUT2D eigenvalue weighted by Gasteiger charge is -2.31. The van der Waals surface area contributed by atoms with E-state index in [9.17, 15) is 13.6 Å². The maximum absolute atomic E-state index is 13.5. The number of hydrogen-bond donors (Lipinski definition) is 2. The Kier molecular flexibility index (Phi) is 4.43. The summed E-state index contributed by atoms with van der Waals surface area (Å²) in [5.74, 6) is -0.660. The van der Waals surface area contributed by atoms with Crippen LogP contribution in [0.25, 0.3) is 0 Å². The summed E-state index contributed by atoms with van der Waals surface area (Å²) < 4.78 is 27.0. The molecule has 3 aromatic rings. The third-order valence-electron chi connectivity index (χ3n) is 4.95. The Labute approximate surface area is 164 Å². The number of pyridine rings is 2. The van der Waals surface area contributed by atoms with Crippen molar-refractivity contribution in [2.45, 2.75) is 18.5 Å². The van der Waals surface area contributed by atoms with Crippen molar-refractivity contribution in [3.63, 3.8) is 0 Å². The van der Waals surface area contributed by atoms with E-state index in [0.717, 1.165) is 0 Å². The molecule has 0 aliphatic carbocycles. The van der Waals surface area contributed by atoms with Crippen molar-refractivity contribution in [3.05, 3.63) is 99.2 Å². The zero-order valence-corrected chi connectivity index (χ0v) is 15.3. The smallest absolute Gasteiger partial charge is 0.249 e. The summed E-state index contributed by atoms with van der Waals surface area (Å²) in [5.41, 5.74) is 0.339. The van der Waals surface area contributed by atoms with Gasteiger partial charge in [-0.2, -0.15) is 9.65 Å². The molecular formula is C21H15F2N5O. The van der Waals surface area contributed by atoms with Crippen LogP contribution in [0, 0.1) is 23.1 Å². The van der Waals surface area contributed by atoms with Crippen LogP contribution in [-0.2, 0) is 5.54 Å². The third-order valence-corrected chi connectivity index (χ3v) is 4.95. The maximum Gasteiger partial charge on any atom is 0.249 e. The quantitative estimate of drug-likeness (QED) is 0.671. The van der Waals surface area contributed by atoms with E-state index in [1.54, 1.807) is 18.2 Å². The fourth-order valence-electron chi connectivity index (χ4n) is 3.59. The molecule has 1 aliphatic heterocycles. The SMILES string of the molecule is C[C@@H]1NC(c2cc(C#N)cc(=O)[nH]2)=N[C@@]1(c1ccc(F)cc1)c1ccc(F)nc1. The molecule has 0 bridgehead atoms. The number of nitrogens with zero attached hydrogens (tertiary/aromatic N) is 3. The van der Waals surface area contributed by atoms with Gasteiger partial charge < -0.3 is 10.3 Å². The van der Waals surface area contributed by atoms with Gasteiger partial charge >= 0.3 is 0 Å². The normalized spacial score (nSPS) is 20.6. The molecule has 3 heterocycles. The van der Waals surface area contributed by atoms with Gasteiger partial charge in [0.1, 0.15) is 17.2 Å². The molecule has 0 radical (unpaired) electrons. The van der Waals surface area contributed by atoms with Crippen molar-refractivity contribution in [3.8, 4) is 6.07 Å². The van der Waals surface area contributed by atoms with Gasteiger partial charge in [-0.1, -0.05) is 18.2 Å². The summed E-state index contributed by atoms with van der Waals surface area (Å²) >= 11 is 0. The standard InChI is InChI=1S/C21H15F2N5O/c1-12-21(14-2-5-16(22)6-3-14,15-4-7-18(23)25-11-15)28-20(26-12)17-8-13(10-24)9-19(29)27-17/h2-9,11-12H,1H3,(H,26,28)(H,27,29)/t12-,21-/m0/s1. The molecule has 4 rings (SSSR count). The maximum atomic E-state index is 13.5. The Hall–Kier alpha value is -3.86. The first-order valence-corrected chi connectivity index (χ1v) is 8.81. The number of aromatic nitrogens is 2. The van der Waals surface area contributed by atoms with Crippen LogP contribution in [0.1, 0.15) is 29.3 Å². The van der Waals surface area contributed by atoms with Crippen LogP contribution in [0.4, 0.5) is 8.78 Å². The minimum atomic E-state index is -1.04. The molecule has 2 N–H and O–H groups in total. The van der Waals surface area contributed by atoms with E-state index >= 15 is 0 Å². The molecular weight excluding hydrogens is 376 g/mol. The topological polar surface area (TPSA) is 93.9 Å². The lowest BCUT2D eigenvalue weighted by Crippen LogP contribution is -2.41. The molecule has 0 spiro atoms. The predicted molar refractivity (Wildman–Crippen MR) is 102 cm³/mol. The van der Waals surface area contributed by atoms with Crippen LogP contribution < -0.4 is 10.9 Å². The first-order chi connectivity index (χ1) is 13.9. The first kappa shape index (κ1) is 18.5. The average molecular weight is 391 g/mol. The molecule has 8 heteroatoms. The number of nitriles is 1. The van der Waals surface area contributed by atoms with Gasteiger partial charge in [-0.15, -0.1) is 0 Å². The number of aliphatic imine (C=N–C) groups is 1. The fourth-order valence-corrected chi connectivity index (χ4v) is 3.59. The van der Waals surface area contributed by atoms with Crippen molar-refractivity contribution in [2.75, 3.05) is 0 Å².